The molecule has 0 unspecified atom stereocenters. The minimum Gasteiger partial charge on any atom is -0.341 e. The second-order valence-corrected chi connectivity index (χ2v) is 5.87. The van der Waals surface area contributed by atoms with Crippen molar-refractivity contribution >= 4 is 29.2 Å². The normalized spacial score (nSPS) is 14.5. The molecule has 0 saturated carbocycles. The van der Waals surface area contributed by atoms with E-state index in [4.69, 9.17) is 0 Å². The monoisotopic (exact) mass is 353 g/mol. The van der Waals surface area contributed by atoms with Gasteiger partial charge in [-0.1, -0.05) is 12.1 Å². The molecule has 2 aromatic rings. The molecular weight excluding hydrogens is 334 g/mol. The van der Waals surface area contributed by atoms with E-state index in [0.29, 0.717) is 24.5 Å². The topological polar surface area (TPSA) is 103 Å². The minimum atomic E-state index is -0.774. The number of amides is 4. The van der Waals surface area contributed by atoms with Crippen molar-refractivity contribution in [1.29, 1.82) is 0 Å². The molecular formula is C18H19N5O3. The second-order valence-electron chi connectivity index (χ2n) is 5.87. The Morgan fingerprint density at radius 3 is 2.77 bits per heavy atom. The molecule has 1 aliphatic rings. The Balaban J connectivity index is 1.62. The van der Waals surface area contributed by atoms with Crippen LogP contribution in [0, 0.1) is 0 Å². The van der Waals surface area contributed by atoms with E-state index in [1.807, 2.05) is 6.07 Å². The summed E-state index contributed by atoms with van der Waals surface area (Å²) in [5, 5.41) is 7.89. The van der Waals surface area contributed by atoms with Gasteiger partial charge in [0.1, 0.15) is 0 Å². The standard InChI is InChI=1S/C18H19N5O3/c1-12(13-4-3-7-19-11-13)21-16(24)17(25)22-14-5-2-6-15(10-14)23-9-8-20-18(23)26/h2-7,10-12H,8-9H2,1H3,(H,20,26)(H,21,24)(H,22,25)/t12-/m0/s1. The van der Waals surface area contributed by atoms with E-state index >= 15 is 0 Å². The maximum Gasteiger partial charge on any atom is 0.321 e. The summed E-state index contributed by atoms with van der Waals surface area (Å²) < 4.78 is 0. The molecule has 1 aromatic heterocycles. The minimum absolute atomic E-state index is 0.184. The first kappa shape index (κ1) is 17.4. The third kappa shape index (κ3) is 3.97. The van der Waals surface area contributed by atoms with Crippen molar-refractivity contribution in [1.82, 2.24) is 15.6 Å². The molecule has 134 valence electrons. The van der Waals surface area contributed by atoms with Crippen LogP contribution < -0.4 is 20.9 Å². The van der Waals surface area contributed by atoms with Crippen LogP contribution in [0.5, 0.6) is 0 Å². The van der Waals surface area contributed by atoms with Crippen LogP contribution in [-0.2, 0) is 9.59 Å². The molecule has 3 rings (SSSR count). The highest BCUT2D eigenvalue weighted by Gasteiger charge is 2.22. The SMILES string of the molecule is C[C@H](NC(=O)C(=O)Nc1cccc(N2CCNC2=O)c1)c1cccnc1. The Labute approximate surface area is 150 Å². The summed E-state index contributed by atoms with van der Waals surface area (Å²) in [5.41, 5.74) is 1.90. The zero-order valence-corrected chi connectivity index (χ0v) is 14.2. The van der Waals surface area contributed by atoms with Crippen LogP contribution in [0.2, 0.25) is 0 Å². The van der Waals surface area contributed by atoms with E-state index in [2.05, 4.69) is 20.9 Å². The zero-order chi connectivity index (χ0) is 18.5. The maximum absolute atomic E-state index is 12.1. The number of benzene rings is 1. The Kier molecular flexibility index (Phi) is 5.12. The van der Waals surface area contributed by atoms with Crippen molar-refractivity contribution in [3.8, 4) is 0 Å². The van der Waals surface area contributed by atoms with Gasteiger partial charge in [-0.15, -0.1) is 0 Å². The molecule has 0 radical (unpaired) electrons. The van der Waals surface area contributed by atoms with Gasteiger partial charge in [0.25, 0.3) is 0 Å². The Bertz CT molecular complexity index is 825. The van der Waals surface area contributed by atoms with Gasteiger partial charge in [0.15, 0.2) is 0 Å². The molecule has 8 nitrogen and oxygen atoms in total. The molecule has 4 amide bonds. The van der Waals surface area contributed by atoms with Gasteiger partial charge in [-0.3, -0.25) is 19.5 Å². The summed E-state index contributed by atoms with van der Waals surface area (Å²) in [4.78, 5) is 41.5. The van der Waals surface area contributed by atoms with Crippen LogP contribution in [0.25, 0.3) is 0 Å². The number of hydrogen-bond acceptors (Lipinski definition) is 4. The third-order valence-corrected chi connectivity index (χ3v) is 4.01. The zero-order valence-electron chi connectivity index (χ0n) is 14.2. The van der Waals surface area contributed by atoms with Crippen molar-refractivity contribution in [2.45, 2.75) is 13.0 Å². The number of aromatic nitrogens is 1. The number of anilines is 2. The van der Waals surface area contributed by atoms with Crippen molar-refractivity contribution in [3.63, 3.8) is 0 Å². The first-order valence-electron chi connectivity index (χ1n) is 8.22. The molecule has 2 heterocycles. The number of hydrogen-bond donors (Lipinski definition) is 3. The van der Waals surface area contributed by atoms with E-state index in [9.17, 15) is 14.4 Å². The number of rotatable bonds is 4. The quantitative estimate of drug-likeness (QED) is 0.723. The van der Waals surface area contributed by atoms with Gasteiger partial charge in [0.2, 0.25) is 0 Å². The highest BCUT2D eigenvalue weighted by Crippen LogP contribution is 2.21. The second kappa shape index (κ2) is 7.64. The van der Waals surface area contributed by atoms with Gasteiger partial charge in [0, 0.05) is 36.9 Å². The molecule has 0 aliphatic carbocycles. The van der Waals surface area contributed by atoms with Gasteiger partial charge in [0.05, 0.1) is 6.04 Å². The van der Waals surface area contributed by atoms with Crippen LogP contribution in [-0.4, -0.2) is 35.9 Å². The Morgan fingerprint density at radius 1 is 1.23 bits per heavy atom. The van der Waals surface area contributed by atoms with Gasteiger partial charge in [-0.2, -0.15) is 0 Å². The average molecular weight is 353 g/mol. The van der Waals surface area contributed by atoms with Crippen LogP contribution in [0.4, 0.5) is 16.2 Å². The van der Waals surface area contributed by atoms with Gasteiger partial charge < -0.3 is 16.0 Å². The summed E-state index contributed by atoms with van der Waals surface area (Å²) in [6.45, 7) is 2.90. The highest BCUT2D eigenvalue weighted by molar-refractivity contribution is 6.39. The number of carbonyl (C=O) groups is 3. The van der Waals surface area contributed by atoms with Gasteiger partial charge in [-0.25, -0.2) is 4.79 Å². The molecule has 0 bridgehead atoms. The molecule has 1 atom stereocenters. The predicted octanol–water partition coefficient (Wildman–Crippen LogP) is 1.43. The van der Waals surface area contributed by atoms with Crippen LogP contribution in [0.3, 0.4) is 0 Å². The van der Waals surface area contributed by atoms with E-state index in [-0.39, 0.29) is 12.1 Å². The lowest BCUT2D eigenvalue weighted by Gasteiger charge is -2.16. The summed E-state index contributed by atoms with van der Waals surface area (Å²) in [5.74, 6) is -1.52. The number of nitrogens with one attached hydrogen (secondary N) is 3. The van der Waals surface area contributed by atoms with Crippen molar-refractivity contribution in [2.75, 3.05) is 23.3 Å². The van der Waals surface area contributed by atoms with Crippen LogP contribution >= 0.6 is 0 Å². The first-order chi connectivity index (χ1) is 12.5. The molecule has 1 aliphatic heterocycles. The average Bonchev–Trinajstić information content (AvgIpc) is 3.08. The van der Waals surface area contributed by atoms with E-state index < -0.39 is 11.8 Å². The smallest absolute Gasteiger partial charge is 0.321 e. The fraction of sp³-hybridized carbons (Fsp3) is 0.222. The molecule has 3 N–H and O–H groups in total. The maximum atomic E-state index is 12.1. The number of urea groups is 1. The van der Waals surface area contributed by atoms with Crippen LogP contribution in [0.15, 0.2) is 48.8 Å². The third-order valence-electron chi connectivity index (χ3n) is 4.01. The Morgan fingerprint density at radius 2 is 2.08 bits per heavy atom. The summed E-state index contributed by atoms with van der Waals surface area (Å²) >= 11 is 0. The number of pyridine rings is 1. The molecule has 0 spiro atoms. The summed E-state index contributed by atoms with van der Waals surface area (Å²) in [6.07, 6.45) is 3.27. The van der Waals surface area contributed by atoms with Crippen LogP contribution in [0.1, 0.15) is 18.5 Å². The first-order valence-corrected chi connectivity index (χ1v) is 8.22. The number of nitrogens with zero attached hydrogens (tertiary/aromatic N) is 2. The molecule has 1 aromatic carbocycles. The molecule has 1 fully saturated rings. The Hall–Kier alpha value is -3.42. The number of carbonyl (C=O) groups excluding carboxylic acids is 3. The molecule has 1 saturated heterocycles. The van der Waals surface area contributed by atoms with Gasteiger partial charge >= 0.3 is 17.8 Å². The van der Waals surface area contributed by atoms with Crippen molar-refractivity contribution in [2.24, 2.45) is 0 Å². The fourth-order valence-corrected chi connectivity index (χ4v) is 2.64. The lowest BCUT2D eigenvalue weighted by molar-refractivity contribution is -0.136. The fourth-order valence-electron chi connectivity index (χ4n) is 2.64. The largest absolute Gasteiger partial charge is 0.341 e. The molecule has 8 heteroatoms. The predicted molar refractivity (Wildman–Crippen MR) is 96.6 cm³/mol. The van der Waals surface area contributed by atoms with E-state index in [1.165, 1.54) is 0 Å². The van der Waals surface area contributed by atoms with Crippen molar-refractivity contribution in [3.05, 3.63) is 54.4 Å². The molecule has 26 heavy (non-hydrogen) atoms. The summed E-state index contributed by atoms with van der Waals surface area (Å²) in [7, 11) is 0. The van der Waals surface area contributed by atoms with Crippen molar-refractivity contribution < 1.29 is 14.4 Å². The lowest BCUT2D eigenvalue weighted by atomic mass is 10.1. The van der Waals surface area contributed by atoms with Gasteiger partial charge in [-0.05, 0) is 36.8 Å². The lowest BCUT2D eigenvalue weighted by Crippen LogP contribution is -2.37. The summed E-state index contributed by atoms with van der Waals surface area (Å²) in [6, 6.07) is 9.85. The highest BCUT2D eigenvalue weighted by atomic mass is 16.2. The van der Waals surface area contributed by atoms with E-state index in [0.717, 1.165) is 5.56 Å². The van der Waals surface area contributed by atoms with E-state index in [1.54, 1.807) is 54.5 Å².